The summed E-state index contributed by atoms with van der Waals surface area (Å²) >= 11 is 1.84. The highest BCUT2D eigenvalue weighted by Crippen LogP contribution is 2.24. The second-order valence-corrected chi connectivity index (χ2v) is 7.68. The first-order valence-corrected chi connectivity index (χ1v) is 10.2. The average molecular weight is 350 g/mol. The lowest BCUT2D eigenvalue weighted by atomic mass is 10.1. The minimum absolute atomic E-state index is 0.530. The number of piperidine rings is 2. The van der Waals surface area contributed by atoms with Crippen molar-refractivity contribution in [1.82, 2.24) is 15.5 Å². The number of aliphatic imine (C=N–C) groups is 1. The summed E-state index contributed by atoms with van der Waals surface area (Å²) in [6.45, 7) is 6.88. The molecule has 0 unspecified atom stereocenters. The molecule has 2 fully saturated rings. The van der Waals surface area contributed by atoms with Gasteiger partial charge in [-0.3, -0.25) is 4.99 Å². The molecule has 0 aromatic carbocycles. The molecule has 0 bridgehead atoms. The third kappa shape index (κ3) is 5.11. The summed E-state index contributed by atoms with van der Waals surface area (Å²) in [7, 11) is 1.87. The Morgan fingerprint density at radius 1 is 1.21 bits per heavy atom. The van der Waals surface area contributed by atoms with E-state index in [-0.39, 0.29) is 0 Å². The number of guanidine groups is 1. The van der Waals surface area contributed by atoms with Gasteiger partial charge in [0.2, 0.25) is 0 Å². The molecule has 3 heterocycles. The Bertz CT molecular complexity index is 488. The highest BCUT2D eigenvalue weighted by Gasteiger charge is 2.20. The molecule has 6 heteroatoms. The Kier molecular flexibility index (Phi) is 6.78. The lowest BCUT2D eigenvalue weighted by molar-refractivity contribution is 0.232. The molecule has 3 rings (SSSR count). The normalized spacial score (nSPS) is 21.0. The third-order valence-electron chi connectivity index (χ3n) is 5.05. The Hall–Kier alpha value is -1.27. The molecule has 0 aliphatic carbocycles. The van der Waals surface area contributed by atoms with E-state index in [0.29, 0.717) is 6.04 Å². The van der Waals surface area contributed by atoms with Gasteiger partial charge in [-0.25, -0.2) is 0 Å². The van der Waals surface area contributed by atoms with Crippen molar-refractivity contribution < 1.29 is 0 Å². The fourth-order valence-corrected chi connectivity index (χ4v) is 4.38. The van der Waals surface area contributed by atoms with Crippen LogP contribution in [0.3, 0.4) is 0 Å². The average Bonchev–Trinajstić information content (AvgIpc) is 3.17. The number of thiophene rings is 1. The number of nitrogens with zero attached hydrogens (tertiary/aromatic N) is 3. The van der Waals surface area contributed by atoms with Gasteiger partial charge in [0, 0.05) is 39.3 Å². The zero-order valence-corrected chi connectivity index (χ0v) is 15.7. The van der Waals surface area contributed by atoms with E-state index in [1.54, 1.807) is 0 Å². The summed E-state index contributed by atoms with van der Waals surface area (Å²) in [6, 6.07) is 4.89. The van der Waals surface area contributed by atoms with Crippen molar-refractivity contribution in [2.45, 2.75) is 38.1 Å². The molecular weight excluding hydrogens is 318 g/mol. The first kappa shape index (κ1) is 17.5. The van der Waals surface area contributed by atoms with Crippen LogP contribution in [0.25, 0.3) is 0 Å². The van der Waals surface area contributed by atoms with Crippen LogP contribution < -0.4 is 15.5 Å². The highest BCUT2D eigenvalue weighted by molar-refractivity contribution is 7.14. The molecule has 0 amide bonds. The predicted octanol–water partition coefficient (Wildman–Crippen LogP) is 2.37. The van der Waals surface area contributed by atoms with Crippen molar-refractivity contribution in [3.8, 4) is 0 Å². The summed E-state index contributed by atoms with van der Waals surface area (Å²) in [5.74, 6) is 0.960. The van der Waals surface area contributed by atoms with Crippen molar-refractivity contribution in [3.05, 3.63) is 17.5 Å². The molecule has 0 saturated carbocycles. The summed E-state index contributed by atoms with van der Waals surface area (Å²) in [6.07, 6.45) is 6.46. The topological polar surface area (TPSA) is 42.9 Å². The molecule has 2 aliphatic rings. The van der Waals surface area contributed by atoms with Gasteiger partial charge in [0.15, 0.2) is 5.96 Å². The van der Waals surface area contributed by atoms with E-state index in [2.05, 4.69) is 42.9 Å². The monoisotopic (exact) mass is 349 g/mol. The minimum Gasteiger partial charge on any atom is -0.363 e. The van der Waals surface area contributed by atoms with Crippen LogP contribution >= 0.6 is 11.3 Å². The zero-order chi connectivity index (χ0) is 16.6. The van der Waals surface area contributed by atoms with Crippen LogP contribution in [0.1, 0.15) is 32.1 Å². The number of anilines is 1. The molecule has 134 valence electrons. The van der Waals surface area contributed by atoms with Gasteiger partial charge >= 0.3 is 0 Å². The van der Waals surface area contributed by atoms with E-state index in [9.17, 15) is 0 Å². The molecule has 0 atom stereocenters. The van der Waals surface area contributed by atoms with Crippen molar-refractivity contribution in [3.63, 3.8) is 0 Å². The van der Waals surface area contributed by atoms with Gasteiger partial charge in [0.1, 0.15) is 0 Å². The van der Waals surface area contributed by atoms with Gasteiger partial charge in [-0.05, 0) is 56.3 Å². The zero-order valence-electron chi connectivity index (χ0n) is 14.8. The van der Waals surface area contributed by atoms with E-state index in [0.717, 1.165) is 32.1 Å². The van der Waals surface area contributed by atoms with E-state index < -0.39 is 0 Å². The standard InChI is InChI=1S/C18H31N5S/c1-19-18(20-9-14-22-10-3-2-4-11-22)21-16-7-12-23(13-8-16)17-6-5-15-24-17/h5-6,15-16H,2-4,7-14H2,1H3,(H2,19,20,21). The molecule has 1 aromatic heterocycles. The van der Waals surface area contributed by atoms with Crippen molar-refractivity contribution in [2.75, 3.05) is 51.2 Å². The van der Waals surface area contributed by atoms with Crippen molar-refractivity contribution in [2.24, 2.45) is 4.99 Å². The number of rotatable bonds is 5. The molecule has 0 radical (unpaired) electrons. The molecule has 0 spiro atoms. The van der Waals surface area contributed by atoms with Crippen LogP contribution in [0.5, 0.6) is 0 Å². The summed E-state index contributed by atoms with van der Waals surface area (Å²) < 4.78 is 0. The smallest absolute Gasteiger partial charge is 0.191 e. The van der Waals surface area contributed by atoms with Crippen LogP contribution in [0.4, 0.5) is 5.00 Å². The third-order valence-corrected chi connectivity index (χ3v) is 5.98. The number of hydrogen-bond donors (Lipinski definition) is 2. The first-order chi connectivity index (χ1) is 11.8. The van der Waals surface area contributed by atoms with Gasteiger partial charge in [0.25, 0.3) is 0 Å². The fourth-order valence-electron chi connectivity index (χ4n) is 3.60. The van der Waals surface area contributed by atoms with E-state index in [1.165, 1.54) is 50.2 Å². The second kappa shape index (κ2) is 9.28. The maximum Gasteiger partial charge on any atom is 0.191 e. The van der Waals surface area contributed by atoms with Crippen LogP contribution in [-0.4, -0.2) is 63.2 Å². The number of hydrogen-bond acceptors (Lipinski definition) is 4. The van der Waals surface area contributed by atoms with Crippen LogP contribution in [-0.2, 0) is 0 Å². The SMILES string of the molecule is CN=C(NCCN1CCCCC1)NC1CCN(c2cccs2)CC1. The maximum absolute atomic E-state index is 4.40. The Balaban J connectivity index is 1.35. The molecular formula is C18H31N5S. The number of nitrogens with one attached hydrogen (secondary N) is 2. The number of likely N-dealkylation sites (tertiary alicyclic amines) is 1. The Labute approximate surface area is 150 Å². The van der Waals surface area contributed by atoms with E-state index >= 15 is 0 Å². The Morgan fingerprint density at radius 2 is 2.00 bits per heavy atom. The molecule has 2 aliphatic heterocycles. The first-order valence-electron chi connectivity index (χ1n) is 9.33. The minimum atomic E-state index is 0.530. The second-order valence-electron chi connectivity index (χ2n) is 6.76. The maximum atomic E-state index is 4.40. The lowest BCUT2D eigenvalue weighted by Crippen LogP contribution is -2.49. The highest BCUT2D eigenvalue weighted by atomic mass is 32.1. The van der Waals surface area contributed by atoms with Gasteiger partial charge in [0.05, 0.1) is 5.00 Å². The Morgan fingerprint density at radius 3 is 2.67 bits per heavy atom. The fraction of sp³-hybridized carbons (Fsp3) is 0.722. The van der Waals surface area contributed by atoms with E-state index in [4.69, 9.17) is 0 Å². The molecule has 1 aromatic rings. The molecule has 2 saturated heterocycles. The van der Waals surface area contributed by atoms with Crippen molar-refractivity contribution >= 4 is 22.3 Å². The molecule has 24 heavy (non-hydrogen) atoms. The summed E-state index contributed by atoms with van der Waals surface area (Å²) in [4.78, 5) is 9.45. The molecule has 5 nitrogen and oxygen atoms in total. The van der Waals surface area contributed by atoms with Gasteiger partial charge in [-0.2, -0.15) is 0 Å². The van der Waals surface area contributed by atoms with Crippen molar-refractivity contribution in [1.29, 1.82) is 0 Å². The van der Waals surface area contributed by atoms with Crippen LogP contribution in [0.15, 0.2) is 22.5 Å². The largest absolute Gasteiger partial charge is 0.363 e. The van der Waals surface area contributed by atoms with Crippen LogP contribution in [0.2, 0.25) is 0 Å². The van der Waals surface area contributed by atoms with E-state index in [1.807, 2.05) is 18.4 Å². The molecule has 2 N–H and O–H groups in total. The van der Waals surface area contributed by atoms with Gasteiger partial charge in [-0.15, -0.1) is 11.3 Å². The van der Waals surface area contributed by atoms with Gasteiger partial charge in [-0.1, -0.05) is 6.42 Å². The predicted molar refractivity (Wildman–Crippen MR) is 104 cm³/mol. The van der Waals surface area contributed by atoms with Gasteiger partial charge < -0.3 is 20.4 Å². The quantitative estimate of drug-likeness (QED) is 0.633. The lowest BCUT2D eigenvalue weighted by Gasteiger charge is -2.33. The summed E-state index contributed by atoms with van der Waals surface area (Å²) in [5.41, 5.74) is 0. The van der Waals surface area contributed by atoms with Crippen LogP contribution in [0, 0.1) is 0 Å². The summed E-state index contributed by atoms with van der Waals surface area (Å²) in [5, 5.41) is 10.7.